The first-order valence-corrected chi connectivity index (χ1v) is 6.07. The minimum absolute atomic E-state index is 0.0771. The summed E-state index contributed by atoms with van der Waals surface area (Å²) in [5.74, 6) is 0.531. The number of hydrogen-bond donors (Lipinski definition) is 1. The Kier molecular flexibility index (Phi) is 4.01. The number of aromatic amines is 1. The number of aromatic nitrogens is 2. The Bertz CT molecular complexity index is 566. The maximum absolute atomic E-state index is 11.7. The number of nitrogens with zero attached hydrogens (tertiary/aromatic N) is 1. The molecule has 0 radical (unpaired) electrons. The van der Waals surface area contributed by atoms with E-state index < -0.39 is 0 Å². The average Bonchev–Trinajstić information content (AvgIpc) is 2.57. The highest BCUT2D eigenvalue weighted by Crippen LogP contribution is 2.25. The first kappa shape index (κ1) is 12.6. The van der Waals surface area contributed by atoms with Crippen LogP contribution in [-0.2, 0) is 0 Å². The van der Waals surface area contributed by atoms with Crippen LogP contribution in [0.5, 0.6) is 0 Å². The van der Waals surface area contributed by atoms with E-state index in [1.807, 2.05) is 27.7 Å². The Hall–Kier alpha value is -1.42. The minimum Gasteiger partial charge on any atom is -0.306 e. The molecule has 0 saturated carbocycles. The Balaban J connectivity index is 0.000000606. The van der Waals surface area contributed by atoms with Gasteiger partial charge in [0.05, 0.1) is 5.39 Å². The van der Waals surface area contributed by atoms with Gasteiger partial charge in [-0.1, -0.05) is 20.4 Å². The van der Waals surface area contributed by atoms with Gasteiger partial charge < -0.3 is 4.98 Å². The molecule has 0 unspecified atom stereocenters. The van der Waals surface area contributed by atoms with Gasteiger partial charge >= 0.3 is 0 Å². The topological polar surface area (TPSA) is 45.8 Å². The lowest BCUT2D eigenvalue weighted by molar-refractivity contribution is 1.15. The van der Waals surface area contributed by atoms with Crippen LogP contribution in [0.4, 0.5) is 0 Å². The van der Waals surface area contributed by atoms with Crippen molar-refractivity contribution in [1.29, 1.82) is 0 Å². The molecule has 0 saturated heterocycles. The predicted molar refractivity (Wildman–Crippen MR) is 71.2 cm³/mol. The fourth-order valence-electron chi connectivity index (χ4n) is 1.37. The minimum atomic E-state index is -0.0771. The summed E-state index contributed by atoms with van der Waals surface area (Å²) in [5.41, 5.74) is 0.945. The number of hydrogen-bond acceptors (Lipinski definition) is 3. The molecule has 0 amide bonds. The molecule has 2 heterocycles. The third-order valence-corrected chi connectivity index (χ3v) is 3.35. The zero-order chi connectivity index (χ0) is 12.3. The third kappa shape index (κ3) is 2.07. The van der Waals surface area contributed by atoms with E-state index >= 15 is 0 Å². The standard InChI is InChI=1S/C10H10N2OS.C2H6/c1-4-7-11-9(13)8-5(2)6(3)14-10(8)12-7;1-2/h4H,1H2,2-3H3,(H,11,12,13);1-2H3. The molecule has 4 heteroatoms. The smallest absolute Gasteiger partial charge is 0.260 e. The maximum Gasteiger partial charge on any atom is 0.260 e. The molecule has 1 N–H and O–H groups in total. The van der Waals surface area contributed by atoms with E-state index in [0.717, 1.165) is 15.3 Å². The molecule has 0 aliphatic rings. The van der Waals surface area contributed by atoms with Crippen LogP contribution in [0.25, 0.3) is 16.3 Å². The van der Waals surface area contributed by atoms with Crippen molar-refractivity contribution in [3.05, 3.63) is 33.2 Å². The first-order valence-electron chi connectivity index (χ1n) is 5.26. The molecule has 0 aromatic carbocycles. The summed E-state index contributed by atoms with van der Waals surface area (Å²) in [5, 5.41) is 0.707. The van der Waals surface area contributed by atoms with Crippen molar-refractivity contribution >= 4 is 27.6 Å². The van der Waals surface area contributed by atoms with Crippen molar-refractivity contribution in [3.8, 4) is 0 Å². The monoisotopic (exact) mass is 236 g/mol. The predicted octanol–water partition coefficient (Wildman–Crippen LogP) is 3.27. The van der Waals surface area contributed by atoms with Crippen molar-refractivity contribution in [2.75, 3.05) is 0 Å². The van der Waals surface area contributed by atoms with Gasteiger partial charge in [-0.05, 0) is 25.5 Å². The van der Waals surface area contributed by atoms with Crippen LogP contribution in [-0.4, -0.2) is 9.97 Å². The molecular weight excluding hydrogens is 220 g/mol. The first-order chi connectivity index (χ1) is 7.63. The van der Waals surface area contributed by atoms with Gasteiger partial charge in [-0.3, -0.25) is 4.79 Å². The van der Waals surface area contributed by atoms with E-state index in [9.17, 15) is 4.79 Å². The zero-order valence-electron chi connectivity index (χ0n) is 10.0. The molecule has 2 rings (SSSR count). The van der Waals surface area contributed by atoms with Crippen molar-refractivity contribution in [2.45, 2.75) is 27.7 Å². The van der Waals surface area contributed by atoms with Gasteiger partial charge in [-0.15, -0.1) is 11.3 Å². The van der Waals surface area contributed by atoms with Gasteiger partial charge in [0, 0.05) is 4.88 Å². The van der Waals surface area contributed by atoms with E-state index in [4.69, 9.17) is 0 Å². The SMILES string of the molecule is C=Cc1nc2sc(C)c(C)c2c(=O)[nH]1.CC. The maximum atomic E-state index is 11.7. The average molecular weight is 236 g/mol. The molecule has 0 fully saturated rings. The number of nitrogens with one attached hydrogen (secondary N) is 1. The van der Waals surface area contributed by atoms with Gasteiger partial charge in [0.1, 0.15) is 10.7 Å². The van der Waals surface area contributed by atoms with Crippen molar-refractivity contribution in [3.63, 3.8) is 0 Å². The van der Waals surface area contributed by atoms with E-state index in [2.05, 4.69) is 16.5 Å². The molecule has 0 atom stereocenters. The Morgan fingerprint density at radius 2 is 2.00 bits per heavy atom. The summed E-state index contributed by atoms with van der Waals surface area (Å²) >= 11 is 1.54. The number of thiophene rings is 1. The lowest BCUT2D eigenvalue weighted by atomic mass is 10.2. The van der Waals surface area contributed by atoms with Crippen LogP contribution in [0.2, 0.25) is 0 Å². The van der Waals surface area contributed by atoms with Crippen molar-refractivity contribution in [2.24, 2.45) is 0 Å². The lowest BCUT2D eigenvalue weighted by Crippen LogP contribution is -2.08. The molecule has 3 nitrogen and oxygen atoms in total. The highest BCUT2D eigenvalue weighted by atomic mass is 32.1. The second-order valence-electron chi connectivity index (χ2n) is 3.12. The summed E-state index contributed by atoms with van der Waals surface area (Å²) in [6.07, 6.45) is 1.55. The highest BCUT2D eigenvalue weighted by molar-refractivity contribution is 7.18. The molecule has 0 spiro atoms. The van der Waals surface area contributed by atoms with Crippen molar-refractivity contribution in [1.82, 2.24) is 9.97 Å². The van der Waals surface area contributed by atoms with Gasteiger partial charge in [-0.2, -0.15) is 0 Å². The Morgan fingerprint density at radius 3 is 2.56 bits per heavy atom. The lowest BCUT2D eigenvalue weighted by Gasteiger charge is -1.93. The fraction of sp³-hybridized carbons (Fsp3) is 0.333. The van der Waals surface area contributed by atoms with Crippen LogP contribution in [0.15, 0.2) is 11.4 Å². The van der Waals surface area contributed by atoms with E-state index in [-0.39, 0.29) is 5.56 Å². The normalized spacial score (nSPS) is 9.75. The molecule has 86 valence electrons. The molecule has 2 aromatic heterocycles. The number of H-pyrrole nitrogens is 1. The summed E-state index contributed by atoms with van der Waals surface area (Å²) in [4.78, 5) is 20.5. The third-order valence-electron chi connectivity index (χ3n) is 2.25. The second-order valence-corrected chi connectivity index (χ2v) is 4.32. The van der Waals surface area contributed by atoms with Crippen LogP contribution >= 0.6 is 11.3 Å². The zero-order valence-corrected chi connectivity index (χ0v) is 10.9. The van der Waals surface area contributed by atoms with Crippen LogP contribution in [0, 0.1) is 13.8 Å². The molecule has 0 bridgehead atoms. The Morgan fingerprint density at radius 1 is 1.38 bits per heavy atom. The van der Waals surface area contributed by atoms with Gasteiger partial charge in [0.15, 0.2) is 0 Å². The molecular formula is C12H16N2OS. The van der Waals surface area contributed by atoms with Gasteiger partial charge in [-0.25, -0.2) is 4.98 Å². The fourth-order valence-corrected chi connectivity index (χ4v) is 2.41. The van der Waals surface area contributed by atoms with E-state index in [1.54, 1.807) is 17.4 Å². The van der Waals surface area contributed by atoms with Gasteiger partial charge in [0.2, 0.25) is 0 Å². The molecule has 2 aromatic rings. The van der Waals surface area contributed by atoms with Crippen LogP contribution in [0.3, 0.4) is 0 Å². The summed E-state index contributed by atoms with van der Waals surface area (Å²) < 4.78 is 0. The van der Waals surface area contributed by atoms with Gasteiger partial charge in [0.25, 0.3) is 5.56 Å². The van der Waals surface area contributed by atoms with Crippen LogP contribution < -0.4 is 5.56 Å². The van der Waals surface area contributed by atoms with E-state index in [0.29, 0.717) is 11.2 Å². The quantitative estimate of drug-likeness (QED) is 0.826. The van der Waals surface area contributed by atoms with E-state index in [1.165, 1.54) is 0 Å². The Labute approximate surface area is 98.9 Å². The largest absolute Gasteiger partial charge is 0.306 e. The molecule has 0 aliphatic heterocycles. The summed E-state index contributed by atoms with van der Waals surface area (Å²) in [7, 11) is 0. The molecule has 16 heavy (non-hydrogen) atoms. The highest BCUT2D eigenvalue weighted by Gasteiger charge is 2.10. The second kappa shape index (κ2) is 5.07. The number of fused-ring (bicyclic) bond motifs is 1. The summed E-state index contributed by atoms with van der Waals surface area (Å²) in [6.45, 7) is 11.5. The van der Waals surface area contributed by atoms with Crippen LogP contribution in [0.1, 0.15) is 30.1 Å². The molecule has 0 aliphatic carbocycles. The summed E-state index contributed by atoms with van der Waals surface area (Å²) in [6, 6.07) is 0. The van der Waals surface area contributed by atoms with Crippen molar-refractivity contribution < 1.29 is 0 Å². The number of rotatable bonds is 1. The number of aryl methyl sites for hydroxylation is 2.